The van der Waals surface area contributed by atoms with E-state index in [9.17, 15) is 29.1 Å². The minimum atomic E-state index is -1.08. The number of carbonyl (C=O) groups excluding carboxylic acids is 5. The number of aromatic nitrogens is 7. The fourth-order valence-electron chi connectivity index (χ4n) is 8.71. The van der Waals surface area contributed by atoms with Crippen LogP contribution in [0.15, 0.2) is 78.7 Å². The molecule has 8 rings (SSSR count). The van der Waals surface area contributed by atoms with E-state index < -0.39 is 53.7 Å². The first kappa shape index (κ1) is 51.3. The van der Waals surface area contributed by atoms with Gasteiger partial charge in [-0.15, -0.1) is 21.5 Å². The number of aryl methyl sites for hydroxylation is 2. The largest absolute Gasteiger partial charge is 0.494 e. The number of aliphatic hydroxyl groups is 1. The van der Waals surface area contributed by atoms with Crippen molar-refractivity contribution in [1.29, 1.82) is 0 Å². The highest BCUT2D eigenvalue weighted by molar-refractivity contribution is 7.13. The molecule has 4 aromatic heterocycles. The van der Waals surface area contributed by atoms with Crippen molar-refractivity contribution in [3.8, 4) is 27.6 Å². The molecule has 6 N–H and O–H groups in total. The fraction of sp³-hybridized carbons (Fsp3) is 0.380. The van der Waals surface area contributed by atoms with Gasteiger partial charge >= 0.3 is 0 Å². The van der Waals surface area contributed by atoms with E-state index in [0.29, 0.717) is 66.3 Å². The van der Waals surface area contributed by atoms with Crippen LogP contribution in [0.1, 0.15) is 55.4 Å². The lowest BCUT2D eigenvalue weighted by molar-refractivity contribution is -0.145. The number of pyridine rings is 1. The first-order chi connectivity index (χ1) is 35.0. The molecule has 23 heteroatoms. The second kappa shape index (κ2) is 22.2. The first-order valence-corrected chi connectivity index (χ1v) is 24.6. The van der Waals surface area contributed by atoms with E-state index >= 15 is 0 Å². The van der Waals surface area contributed by atoms with Crippen molar-refractivity contribution in [2.75, 3.05) is 62.4 Å². The Bertz CT molecular complexity index is 2970. The Morgan fingerprint density at radius 1 is 0.918 bits per heavy atom. The maximum Gasteiger partial charge on any atom is 0.273 e. The SMILES string of the molecule is CNC(=O)c1nnc(Nc2ccc(N3CCN(C(=O)CC(=O)NC(C(=O)N4C[C@H](O)CC4C(=O)NCc4ccc(-c5scnc5C)cc4)C(C)(C)C)CC3)cn2)cc1Nc1cccc(-c2ncn(C)n2)c1OC. The topological polar surface area (TPSA) is 267 Å². The van der Waals surface area contributed by atoms with Gasteiger partial charge in [-0.25, -0.2) is 15.0 Å². The van der Waals surface area contributed by atoms with E-state index in [1.165, 1.54) is 19.1 Å². The summed E-state index contributed by atoms with van der Waals surface area (Å²) in [6, 6.07) is 16.5. The summed E-state index contributed by atoms with van der Waals surface area (Å²) in [5.74, 6) is -0.669. The van der Waals surface area contributed by atoms with Gasteiger partial charge in [0.05, 0.1) is 58.1 Å². The number of methoxy groups -OCH3 is 1. The summed E-state index contributed by atoms with van der Waals surface area (Å²) in [5, 5.41) is 38.2. The third-order valence-corrected chi connectivity index (χ3v) is 13.6. The van der Waals surface area contributed by atoms with E-state index in [1.807, 2.05) is 49.4 Å². The molecule has 73 heavy (non-hydrogen) atoms. The number of amides is 5. The predicted molar refractivity (Wildman–Crippen MR) is 274 cm³/mol. The van der Waals surface area contributed by atoms with Crippen LogP contribution in [-0.2, 0) is 32.8 Å². The number of hydrogen-bond donors (Lipinski definition) is 6. The van der Waals surface area contributed by atoms with Crippen LogP contribution >= 0.6 is 11.3 Å². The van der Waals surface area contributed by atoms with Crippen LogP contribution in [-0.4, -0.2) is 144 Å². The third kappa shape index (κ3) is 12.0. The van der Waals surface area contributed by atoms with Gasteiger partial charge in [0.2, 0.25) is 23.6 Å². The van der Waals surface area contributed by atoms with Crippen molar-refractivity contribution >= 4 is 69.6 Å². The number of thiazole rings is 1. The Labute approximate surface area is 426 Å². The number of benzene rings is 2. The van der Waals surface area contributed by atoms with Crippen molar-refractivity contribution < 1.29 is 33.8 Å². The molecule has 2 aromatic carbocycles. The highest BCUT2D eigenvalue weighted by Gasteiger charge is 2.44. The number of β-amino-alcohol motifs (C(OH)–C–C–N with tert-alkyl or cyclic N) is 1. The molecule has 3 atom stereocenters. The number of aliphatic hydroxyl groups excluding tert-OH is 1. The monoisotopic (exact) mass is 1010 g/mol. The van der Waals surface area contributed by atoms with Crippen molar-refractivity contribution in [2.45, 2.75) is 65.3 Å². The summed E-state index contributed by atoms with van der Waals surface area (Å²) in [7, 11) is 4.81. The zero-order valence-electron chi connectivity index (χ0n) is 41.7. The second-order valence-corrected chi connectivity index (χ2v) is 19.7. The number of carbonyl (C=O) groups is 5. The maximum atomic E-state index is 14.2. The smallest absolute Gasteiger partial charge is 0.273 e. The van der Waals surface area contributed by atoms with Crippen LogP contribution in [0.3, 0.4) is 0 Å². The Morgan fingerprint density at radius 3 is 2.33 bits per heavy atom. The van der Waals surface area contributed by atoms with Crippen LogP contribution in [0.4, 0.5) is 28.7 Å². The third-order valence-electron chi connectivity index (χ3n) is 12.6. The van der Waals surface area contributed by atoms with Gasteiger partial charge in [0, 0.05) is 65.9 Å². The van der Waals surface area contributed by atoms with E-state index in [0.717, 1.165) is 27.4 Å². The molecule has 2 saturated heterocycles. The Kier molecular flexibility index (Phi) is 15.6. The molecule has 2 fully saturated rings. The fourth-order valence-corrected chi connectivity index (χ4v) is 9.52. The summed E-state index contributed by atoms with van der Waals surface area (Å²) >= 11 is 1.56. The molecule has 0 aliphatic carbocycles. The van der Waals surface area contributed by atoms with E-state index in [2.05, 4.69) is 61.7 Å². The second-order valence-electron chi connectivity index (χ2n) is 18.8. The number of ether oxygens (including phenoxy) is 1. The van der Waals surface area contributed by atoms with Crippen LogP contribution < -0.4 is 36.2 Å². The molecule has 0 saturated carbocycles. The normalized spacial score (nSPS) is 16.1. The molecule has 5 amide bonds. The summed E-state index contributed by atoms with van der Waals surface area (Å²) in [4.78, 5) is 86.9. The van der Waals surface area contributed by atoms with Crippen LogP contribution in [0, 0.1) is 12.3 Å². The van der Waals surface area contributed by atoms with Gasteiger partial charge in [0.25, 0.3) is 5.91 Å². The summed E-state index contributed by atoms with van der Waals surface area (Å²) in [5.41, 5.74) is 6.26. The highest BCUT2D eigenvalue weighted by Crippen LogP contribution is 2.37. The van der Waals surface area contributed by atoms with Gasteiger partial charge in [0.1, 0.15) is 30.6 Å². The van der Waals surface area contributed by atoms with Crippen LogP contribution in [0.2, 0.25) is 0 Å². The molecule has 2 aliphatic heterocycles. The molecular weight excluding hydrogens is 955 g/mol. The molecule has 382 valence electrons. The molecule has 6 heterocycles. The lowest BCUT2D eigenvalue weighted by Crippen LogP contribution is -2.58. The number of likely N-dealkylation sites (tertiary alicyclic amines) is 1. The molecule has 6 aromatic rings. The number of anilines is 5. The van der Waals surface area contributed by atoms with Gasteiger partial charge in [-0.05, 0) is 47.7 Å². The molecule has 22 nitrogen and oxygen atoms in total. The van der Waals surface area contributed by atoms with Crippen molar-refractivity contribution in [3.05, 3.63) is 95.6 Å². The van der Waals surface area contributed by atoms with Crippen LogP contribution in [0.25, 0.3) is 21.8 Å². The maximum absolute atomic E-state index is 14.2. The zero-order valence-corrected chi connectivity index (χ0v) is 42.5. The van der Waals surface area contributed by atoms with E-state index in [4.69, 9.17) is 4.74 Å². The van der Waals surface area contributed by atoms with Gasteiger partial charge in [0.15, 0.2) is 23.1 Å². The number of para-hydroxylation sites is 1. The molecule has 0 bridgehead atoms. The molecule has 0 spiro atoms. The van der Waals surface area contributed by atoms with Crippen molar-refractivity contribution in [2.24, 2.45) is 12.5 Å². The van der Waals surface area contributed by atoms with Crippen LogP contribution in [0.5, 0.6) is 5.75 Å². The minimum Gasteiger partial charge on any atom is -0.494 e. The van der Waals surface area contributed by atoms with E-state index in [-0.39, 0.29) is 31.1 Å². The number of nitrogens with one attached hydrogen (secondary N) is 5. The Balaban J connectivity index is 0.836. The summed E-state index contributed by atoms with van der Waals surface area (Å²) < 4.78 is 7.35. The number of piperazine rings is 1. The standard InChI is InChI=1S/C50H59N15O7S/c1-29-44(73-28-55-29)31-13-11-30(12-14-31)24-53-47(69)37-21-33(66)26-65(37)49(71)45(50(2,3)4)58-40(67)23-41(68)64-19-17-63(18-20-64)32-15-16-38(52-25-32)57-39-22-36(42(60-59-39)48(70)51-5)56-35-10-8-9-34(43(35)72-7)46-54-27-62(6)61-46/h8-16,22,25,27-28,33,37,45,66H,17-21,23-24,26H2,1-7H3,(H,51,70)(H,53,69)(H,58,67)(H2,52,56,57,59)/t33-,37?,45?/m1/s1. The average molecular weight is 1010 g/mol. The van der Waals surface area contributed by atoms with Gasteiger partial charge in [-0.1, -0.05) is 51.1 Å². The zero-order chi connectivity index (χ0) is 52.0. The summed E-state index contributed by atoms with van der Waals surface area (Å²) in [6.45, 7) is 9.15. The number of nitrogens with zero attached hydrogens (tertiary/aromatic N) is 10. The van der Waals surface area contributed by atoms with Crippen molar-refractivity contribution in [3.63, 3.8) is 0 Å². The van der Waals surface area contributed by atoms with Gasteiger partial charge < -0.3 is 51.1 Å². The summed E-state index contributed by atoms with van der Waals surface area (Å²) in [6.07, 6.45) is 1.95. The number of rotatable bonds is 16. The molecule has 2 unspecified atom stereocenters. The molecular formula is C50H59N15O7S. The lowest BCUT2D eigenvalue weighted by Gasteiger charge is -2.37. The Morgan fingerprint density at radius 2 is 1.68 bits per heavy atom. The lowest BCUT2D eigenvalue weighted by atomic mass is 9.85. The first-order valence-electron chi connectivity index (χ1n) is 23.7. The average Bonchev–Trinajstić information content (AvgIpc) is 4.13. The predicted octanol–water partition coefficient (Wildman–Crippen LogP) is 3.80. The minimum absolute atomic E-state index is 0.0508. The van der Waals surface area contributed by atoms with Gasteiger partial charge in [-0.2, -0.15) is 5.10 Å². The Hall–Kier alpha value is -8.05. The van der Waals surface area contributed by atoms with Crippen molar-refractivity contribution in [1.82, 2.24) is 60.7 Å². The molecule has 2 aliphatic rings. The molecule has 0 radical (unpaired) electrons. The van der Waals surface area contributed by atoms with Gasteiger partial charge in [-0.3, -0.25) is 28.7 Å². The highest BCUT2D eigenvalue weighted by atomic mass is 32.1. The number of hydrogen-bond acceptors (Lipinski definition) is 17. The van der Waals surface area contributed by atoms with E-state index in [1.54, 1.807) is 85.0 Å². The quantitative estimate of drug-likeness (QED) is 0.0753.